The van der Waals surface area contributed by atoms with Crippen LogP contribution < -0.4 is 21.5 Å². The van der Waals surface area contributed by atoms with Crippen molar-refractivity contribution in [2.75, 3.05) is 10.6 Å². The van der Waals surface area contributed by atoms with Gasteiger partial charge in [-0.15, -0.1) is 0 Å². The monoisotopic (exact) mass is 350 g/mol. The number of hydrogen-bond acceptors (Lipinski definition) is 2. The fraction of sp³-hybridized carbons (Fsp3) is 0.0667. The molecule has 2 rings (SSSR count). The average Bonchev–Trinajstić information content (AvgIpc) is 2.50. The van der Waals surface area contributed by atoms with Gasteiger partial charge in [-0.2, -0.15) is 0 Å². The summed E-state index contributed by atoms with van der Waals surface area (Å²) >= 11 is 16.2. The Kier molecular flexibility index (Phi) is 5.94. The highest BCUT2D eigenvalue weighted by atomic mass is 35.5. The Morgan fingerprint density at radius 1 is 0.773 bits per heavy atom. The Morgan fingerprint density at radius 2 is 1.18 bits per heavy atom. The minimum atomic E-state index is 0.398. The van der Waals surface area contributed by atoms with Gasteiger partial charge >= 0.3 is 0 Å². The predicted octanol–water partition coefficient (Wildman–Crippen LogP) is 3.84. The number of rotatable bonds is 2. The topological polar surface area (TPSA) is 48.1 Å². The first-order valence-corrected chi connectivity index (χ1v) is 7.68. The highest BCUT2D eigenvalue weighted by Crippen LogP contribution is 2.13. The van der Waals surface area contributed by atoms with E-state index in [0.717, 1.165) is 11.4 Å². The van der Waals surface area contributed by atoms with Gasteiger partial charge in [0.05, 0.1) is 0 Å². The zero-order valence-corrected chi connectivity index (χ0v) is 14.2. The largest absolute Gasteiger partial charge is 0.331 e. The van der Waals surface area contributed by atoms with E-state index < -0.39 is 0 Å². The zero-order valence-electron chi connectivity index (χ0n) is 11.8. The molecule has 0 aromatic heterocycles. The van der Waals surface area contributed by atoms with E-state index in [-0.39, 0.29) is 0 Å². The number of aryl methyl sites for hydroxylation is 1. The Labute approximate surface area is 145 Å². The van der Waals surface area contributed by atoms with Gasteiger partial charge in [-0.3, -0.25) is 10.9 Å². The van der Waals surface area contributed by atoms with Gasteiger partial charge in [0.1, 0.15) is 0 Å². The molecule has 4 nitrogen and oxygen atoms in total. The summed E-state index contributed by atoms with van der Waals surface area (Å²) in [5.41, 5.74) is 8.56. The van der Waals surface area contributed by atoms with Crippen LogP contribution in [0.1, 0.15) is 5.56 Å². The molecule has 7 heteroatoms. The lowest BCUT2D eigenvalue weighted by Crippen LogP contribution is -2.45. The molecule has 114 valence electrons. The van der Waals surface area contributed by atoms with E-state index in [1.165, 1.54) is 5.56 Å². The number of nitrogens with one attached hydrogen (secondary N) is 4. The SMILES string of the molecule is Cc1ccc(NC(=S)NNC(=S)Nc2ccc(Cl)cc2)cc1. The van der Waals surface area contributed by atoms with Crippen molar-refractivity contribution in [2.45, 2.75) is 6.92 Å². The maximum Gasteiger partial charge on any atom is 0.189 e. The maximum atomic E-state index is 5.82. The van der Waals surface area contributed by atoms with Gasteiger partial charge in [0, 0.05) is 16.4 Å². The number of halogens is 1. The number of hydrogen-bond donors (Lipinski definition) is 4. The molecule has 0 saturated carbocycles. The summed E-state index contributed by atoms with van der Waals surface area (Å²) in [5.74, 6) is 0. The van der Waals surface area contributed by atoms with Crippen LogP contribution in [0, 0.1) is 6.92 Å². The molecule has 0 atom stereocenters. The molecule has 4 N–H and O–H groups in total. The van der Waals surface area contributed by atoms with E-state index >= 15 is 0 Å². The molecule has 0 aliphatic rings. The molecule has 0 spiro atoms. The van der Waals surface area contributed by atoms with Crippen molar-refractivity contribution in [1.82, 2.24) is 10.9 Å². The molecule has 22 heavy (non-hydrogen) atoms. The van der Waals surface area contributed by atoms with Crippen LogP contribution in [-0.4, -0.2) is 10.2 Å². The van der Waals surface area contributed by atoms with E-state index in [9.17, 15) is 0 Å². The lowest BCUT2D eigenvalue weighted by atomic mass is 10.2. The normalized spacial score (nSPS) is 9.73. The van der Waals surface area contributed by atoms with Gasteiger partial charge in [-0.05, 0) is 67.8 Å². The molecule has 0 radical (unpaired) electrons. The fourth-order valence-electron chi connectivity index (χ4n) is 1.61. The van der Waals surface area contributed by atoms with Crippen LogP contribution in [0.5, 0.6) is 0 Å². The third kappa shape index (κ3) is 5.48. The first-order valence-electron chi connectivity index (χ1n) is 6.49. The Hall–Kier alpha value is -1.89. The molecular weight excluding hydrogens is 336 g/mol. The zero-order chi connectivity index (χ0) is 15.9. The highest BCUT2D eigenvalue weighted by Gasteiger charge is 2.00. The molecule has 0 heterocycles. The average molecular weight is 351 g/mol. The van der Waals surface area contributed by atoms with Crippen LogP contribution >= 0.6 is 36.0 Å². The second kappa shape index (κ2) is 7.93. The number of thiocarbonyl (C=S) groups is 2. The van der Waals surface area contributed by atoms with Crippen molar-refractivity contribution < 1.29 is 0 Å². The molecular formula is C15H15ClN4S2. The van der Waals surface area contributed by atoms with Gasteiger partial charge in [0.15, 0.2) is 10.2 Å². The van der Waals surface area contributed by atoms with Gasteiger partial charge < -0.3 is 10.6 Å². The van der Waals surface area contributed by atoms with Crippen LogP contribution in [0.3, 0.4) is 0 Å². The van der Waals surface area contributed by atoms with Crippen molar-refractivity contribution in [3.05, 3.63) is 59.1 Å². The van der Waals surface area contributed by atoms with Gasteiger partial charge in [-0.25, -0.2) is 0 Å². The fourth-order valence-corrected chi connectivity index (χ4v) is 2.07. The van der Waals surface area contributed by atoms with Gasteiger partial charge in [0.25, 0.3) is 0 Å². The quantitative estimate of drug-likeness (QED) is 0.488. The summed E-state index contributed by atoms with van der Waals surface area (Å²) in [6.07, 6.45) is 0. The van der Waals surface area contributed by atoms with Crippen LogP contribution in [-0.2, 0) is 0 Å². The smallest absolute Gasteiger partial charge is 0.189 e. The number of benzene rings is 2. The summed E-state index contributed by atoms with van der Waals surface area (Å²) in [7, 11) is 0. The van der Waals surface area contributed by atoms with Crippen LogP contribution in [0.15, 0.2) is 48.5 Å². The molecule has 2 aromatic rings. The minimum absolute atomic E-state index is 0.398. The molecule has 0 fully saturated rings. The third-order valence-corrected chi connectivity index (χ3v) is 3.36. The second-order valence-corrected chi connectivity index (χ2v) is 5.78. The van der Waals surface area contributed by atoms with E-state index in [2.05, 4.69) is 21.5 Å². The molecule has 2 aromatic carbocycles. The third-order valence-electron chi connectivity index (χ3n) is 2.70. The predicted molar refractivity (Wildman–Crippen MR) is 101 cm³/mol. The molecule has 0 bridgehead atoms. The first kappa shape index (κ1) is 16.5. The maximum absolute atomic E-state index is 5.82. The van der Waals surface area contributed by atoms with E-state index in [0.29, 0.717) is 15.2 Å². The van der Waals surface area contributed by atoms with Crippen molar-refractivity contribution in [2.24, 2.45) is 0 Å². The van der Waals surface area contributed by atoms with Gasteiger partial charge in [-0.1, -0.05) is 29.3 Å². The lowest BCUT2D eigenvalue weighted by Gasteiger charge is -2.14. The molecule has 0 aliphatic carbocycles. The Bertz CT molecular complexity index is 597. The van der Waals surface area contributed by atoms with E-state index in [4.69, 9.17) is 36.0 Å². The highest BCUT2D eigenvalue weighted by molar-refractivity contribution is 7.81. The molecule has 0 aliphatic heterocycles. The number of hydrazine groups is 1. The second-order valence-electron chi connectivity index (χ2n) is 4.53. The summed E-state index contributed by atoms with van der Waals surface area (Å²) < 4.78 is 0. The van der Waals surface area contributed by atoms with Crippen molar-refractivity contribution in [3.8, 4) is 0 Å². The standard InChI is InChI=1S/C15H15ClN4S2/c1-10-2-6-12(7-3-10)17-14(21)19-20-15(22)18-13-8-4-11(16)5-9-13/h2-9H,1H3,(H2,17,19,21)(H2,18,20,22). The van der Waals surface area contributed by atoms with Crippen molar-refractivity contribution >= 4 is 57.6 Å². The van der Waals surface area contributed by atoms with Crippen molar-refractivity contribution in [3.63, 3.8) is 0 Å². The summed E-state index contributed by atoms with van der Waals surface area (Å²) in [6, 6.07) is 15.1. The summed E-state index contributed by atoms with van der Waals surface area (Å²) in [4.78, 5) is 0. The van der Waals surface area contributed by atoms with Crippen LogP contribution in [0.25, 0.3) is 0 Å². The van der Waals surface area contributed by atoms with Crippen molar-refractivity contribution in [1.29, 1.82) is 0 Å². The van der Waals surface area contributed by atoms with Crippen LogP contribution in [0.4, 0.5) is 11.4 Å². The van der Waals surface area contributed by atoms with E-state index in [1.54, 1.807) is 12.1 Å². The molecule has 0 unspecified atom stereocenters. The Morgan fingerprint density at radius 3 is 1.64 bits per heavy atom. The minimum Gasteiger partial charge on any atom is -0.331 e. The molecule has 0 amide bonds. The van der Waals surface area contributed by atoms with Crippen LogP contribution in [0.2, 0.25) is 5.02 Å². The number of anilines is 2. The molecule has 0 saturated heterocycles. The Balaban J connectivity index is 1.76. The van der Waals surface area contributed by atoms with E-state index in [1.807, 2.05) is 43.3 Å². The summed E-state index contributed by atoms with van der Waals surface area (Å²) in [6.45, 7) is 2.03. The summed E-state index contributed by atoms with van der Waals surface area (Å²) in [5, 5.41) is 7.55. The van der Waals surface area contributed by atoms with Gasteiger partial charge in [0.2, 0.25) is 0 Å². The first-order chi connectivity index (χ1) is 10.5. The lowest BCUT2D eigenvalue weighted by molar-refractivity contribution is 0.885.